The maximum atomic E-state index is 14.3. The topological polar surface area (TPSA) is 66.5 Å². The molecule has 2 aromatic rings. The lowest BCUT2D eigenvalue weighted by Gasteiger charge is -2.30. The molecule has 27 heavy (non-hydrogen) atoms. The van der Waals surface area contributed by atoms with Gasteiger partial charge in [0.2, 0.25) is 10.0 Å². The second-order valence-electron chi connectivity index (χ2n) is 7.69. The number of hydrogen-bond donors (Lipinski definition) is 1. The molecule has 0 spiro atoms. The van der Waals surface area contributed by atoms with Crippen molar-refractivity contribution >= 4 is 21.6 Å². The van der Waals surface area contributed by atoms with Crippen LogP contribution in [0.2, 0.25) is 0 Å². The number of carbonyl (C=O) groups excluding carboxylic acids is 1. The molecule has 0 fully saturated rings. The van der Waals surface area contributed by atoms with Crippen molar-refractivity contribution < 1.29 is 17.6 Å². The van der Waals surface area contributed by atoms with Crippen LogP contribution < -0.4 is 9.62 Å². The Morgan fingerprint density at radius 2 is 1.78 bits per heavy atom. The first kappa shape index (κ1) is 19.5. The van der Waals surface area contributed by atoms with Crippen molar-refractivity contribution in [3.63, 3.8) is 0 Å². The first-order valence-corrected chi connectivity index (χ1v) is 10.3. The molecule has 0 saturated carbocycles. The van der Waals surface area contributed by atoms with E-state index in [1.54, 1.807) is 26.8 Å². The maximum Gasteiger partial charge on any atom is 0.258 e. The average Bonchev–Trinajstić information content (AvgIpc) is 2.59. The van der Waals surface area contributed by atoms with Crippen LogP contribution in [0.25, 0.3) is 0 Å². The predicted octanol–water partition coefficient (Wildman–Crippen LogP) is 3.50. The van der Waals surface area contributed by atoms with Gasteiger partial charge in [0.15, 0.2) is 0 Å². The number of fused-ring (bicyclic) bond motifs is 1. The summed E-state index contributed by atoms with van der Waals surface area (Å²) in [5, 5.41) is 0. The van der Waals surface area contributed by atoms with E-state index in [0.717, 1.165) is 18.4 Å². The lowest BCUT2D eigenvalue weighted by molar-refractivity contribution is 0.0984. The van der Waals surface area contributed by atoms with Crippen molar-refractivity contribution in [2.24, 2.45) is 0 Å². The van der Waals surface area contributed by atoms with Crippen molar-refractivity contribution in [1.82, 2.24) is 4.72 Å². The molecule has 144 valence electrons. The molecule has 1 aliphatic heterocycles. The summed E-state index contributed by atoms with van der Waals surface area (Å²) in [6, 6.07) is 10.5. The highest BCUT2D eigenvalue weighted by Crippen LogP contribution is 2.31. The van der Waals surface area contributed by atoms with Gasteiger partial charge in [-0.25, -0.2) is 17.5 Å². The van der Waals surface area contributed by atoms with Gasteiger partial charge in [-0.2, -0.15) is 0 Å². The summed E-state index contributed by atoms with van der Waals surface area (Å²) in [4.78, 5) is 14.4. The highest BCUT2D eigenvalue weighted by Gasteiger charge is 2.27. The Kier molecular flexibility index (Phi) is 5.10. The molecule has 1 heterocycles. The van der Waals surface area contributed by atoms with Crippen LogP contribution in [0.3, 0.4) is 0 Å². The standard InChI is InChI=1S/C20H23FN2O3S/c1-20(2,3)22-27(25,26)16-11-9-15(10-12-16)19(24)23-13-5-7-14-6-4-8-17(21)18(14)23/h4,6,8-12,22H,5,7,13H2,1-3H3. The molecule has 7 heteroatoms. The Labute approximate surface area is 159 Å². The van der Waals surface area contributed by atoms with Gasteiger partial charge in [0, 0.05) is 17.6 Å². The van der Waals surface area contributed by atoms with Crippen LogP contribution in [0.15, 0.2) is 47.4 Å². The molecule has 0 bridgehead atoms. The number of rotatable bonds is 3. The fourth-order valence-electron chi connectivity index (χ4n) is 3.20. The number of hydrogen-bond acceptors (Lipinski definition) is 3. The van der Waals surface area contributed by atoms with E-state index in [4.69, 9.17) is 0 Å². The SMILES string of the molecule is CC(C)(C)NS(=O)(=O)c1ccc(C(=O)N2CCCc3cccc(F)c32)cc1. The third-order valence-electron chi connectivity index (χ3n) is 4.27. The minimum atomic E-state index is -3.68. The van der Waals surface area contributed by atoms with E-state index in [1.807, 2.05) is 6.07 Å². The van der Waals surface area contributed by atoms with Crippen molar-refractivity contribution in [2.45, 2.75) is 44.0 Å². The van der Waals surface area contributed by atoms with Crippen molar-refractivity contribution in [3.8, 4) is 0 Å². The Morgan fingerprint density at radius 3 is 2.41 bits per heavy atom. The molecule has 0 aliphatic carbocycles. The van der Waals surface area contributed by atoms with E-state index in [9.17, 15) is 17.6 Å². The molecule has 1 amide bonds. The highest BCUT2D eigenvalue weighted by molar-refractivity contribution is 7.89. The molecular formula is C20H23FN2O3S. The molecule has 2 aromatic carbocycles. The monoisotopic (exact) mass is 390 g/mol. The Hall–Kier alpha value is -2.25. The summed E-state index contributed by atoms with van der Waals surface area (Å²) in [5.41, 5.74) is 0.839. The van der Waals surface area contributed by atoms with Crippen LogP contribution in [0.5, 0.6) is 0 Å². The summed E-state index contributed by atoms with van der Waals surface area (Å²) in [6.45, 7) is 5.69. The fraction of sp³-hybridized carbons (Fsp3) is 0.350. The number of benzene rings is 2. The van der Waals surface area contributed by atoms with E-state index < -0.39 is 21.4 Å². The van der Waals surface area contributed by atoms with Crippen LogP contribution in [0.4, 0.5) is 10.1 Å². The molecule has 0 atom stereocenters. The Bertz CT molecular complexity index is 964. The quantitative estimate of drug-likeness (QED) is 0.872. The Morgan fingerprint density at radius 1 is 1.11 bits per heavy atom. The predicted molar refractivity (Wildman–Crippen MR) is 103 cm³/mol. The molecule has 0 saturated heterocycles. The van der Waals surface area contributed by atoms with Gasteiger partial charge in [0.05, 0.1) is 10.6 Å². The van der Waals surface area contributed by atoms with Gasteiger partial charge in [-0.3, -0.25) is 4.79 Å². The number of sulfonamides is 1. The molecular weight excluding hydrogens is 367 g/mol. The van der Waals surface area contributed by atoms with Crippen LogP contribution in [0.1, 0.15) is 43.1 Å². The summed E-state index contributed by atoms with van der Waals surface area (Å²) in [6.07, 6.45) is 1.48. The first-order chi connectivity index (χ1) is 12.6. The van der Waals surface area contributed by atoms with Crippen molar-refractivity contribution in [2.75, 3.05) is 11.4 Å². The largest absolute Gasteiger partial charge is 0.305 e. The van der Waals surface area contributed by atoms with Gasteiger partial charge in [0.1, 0.15) is 5.82 Å². The summed E-state index contributed by atoms with van der Waals surface area (Å²) in [5.74, 6) is -0.761. The number of nitrogens with zero attached hydrogens (tertiary/aromatic N) is 1. The molecule has 3 rings (SSSR count). The summed E-state index contributed by atoms with van der Waals surface area (Å²) in [7, 11) is -3.68. The number of para-hydroxylation sites is 1. The van der Waals surface area contributed by atoms with Gasteiger partial charge < -0.3 is 4.90 Å². The molecule has 0 aromatic heterocycles. The van der Waals surface area contributed by atoms with Crippen LogP contribution in [-0.4, -0.2) is 26.4 Å². The maximum absolute atomic E-state index is 14.3. The van der Waals surface area contributed by atoms with E-state index >= 15 is 0 Å². The smallest absolute Gasteiger partial charge is 0.258 e. The van der Waals surface area contributed by atoms with E-state index in [-0.39, 0.29) is 10.8 Å². The number of carbonyl (C=O) groups is 1. The fourth-order valence-corrected chi connectivity index (χ4v) is 4.62. The zero-order valence-corrected chi connectivity index (χ0v) is 16.4. The number of halogens is 1. The van der Waals surface area contributed by atoms with Crippen molar-refractivity contribution in [1.29, 1.82) is 0 Å². The summed E-state index contributed by atoms with van der Waals surface area (Å²) < 4.78 is 41.6. The average molecular weight is 390 g/mol. The van der Waals surface area contributed by atoms with Crippen LogP contribution in [-0.2, 0) is 16.4 Å². The van der Waals surface area contributed by atoms with Gasteiger partial charge in [-0.1, -0.05) is 12.1 Å². The van der Waals surface area contributed by atoms with Gasteiger partial charge in [-0.15, -0.1) is 0 Å². The third kappa shape index (κ3) is 4.20. The van der Waals surface area contributed by atoms with Gasteiger partial charge in [-0.05, 0) is 69.5 Å². The lowest BCUT2D eigenvalue weighted by atomic mass is 10.0. The summed E-state index contributed by atoms with van der Waals surface area (Å²) >= 11 is 0. The normalized spacial score (nSPS) is 14.7. The van der Waals surface area contributed by atoms with Gasteiger partial charge in [0.25, 0.3) is 5.91 Å². The zero-order chi connectivity index (χ0) is 19.8. The van der Waals surface area contributed by atoms with E-state index in [2.05, 4.69) is 4.72 Å². The van der Waals surface area contributed by atoms with Crippen LogP contribution >= 0.6 is 0 Å². The highest BCUT2D eigenvalue weighted by atomic mass is 32.2. The molecule has 1 aliphatic rings. The minimum absolute atomic E-state index is 0.0826. The number of anilines is 1. The molecule has 0 unspecified atom stereocenters. The lowest BCUT2D eigenvalue weighted by Crippen LogP contribution is -2.40. The minimum Gasteiger partial charge on any atom is -0.305 e. The molecule has 5 nitrogen and oxygen atoms in total. The molecule has 1 N–H and O–H groups in total. The number of nitrogens with one attached hydrogen (secondary N) is 1. The van der Waals surface area contributed by atoms with E-state index in [1.165, 1.54) is 35.2 Å². The second-order valence-corrected chi connectivity index (χ2v) is 9.37. The number of aryl methyl sites for hydroxylation is 1. The van der Waals surface area contributed by atoms with Gasteiger partial charge >= 0.3 is 0 Å². The van der Waals surface area contributed by atoms with Crippen LogP contribution in [0, 0.1) is 5.82 Å². The zero-order valence-electron chi connectivity index (χ0n) is 15.6. The number of amides is 1. The Balaban J connectivity index is 1.88. The van der Waals surface area contributed by atoms with Crippen molar-refractivity contribution in [3.05, 3.63) is 59.4 Å². The molecule has 0 radical (unpaired) electrons. The first-order valence-electron chi connectivity index (χ1n) is 8.82. The second kappa shape index (κ2) is 7.05. The van der Waals surface area contributed by atoms with E-state index in [0.29, 0.717) is 17.8 Å². The third-order valence-corrected chi connectivity index (χ3v) is 6.04.